The van der Waals surface area contributed by atoms with Gasteiger partial charge in [0.05, 0.1) is 13.3 Å². The highest BCUT2D eigenvalue weighted by Gasteiger charge is 2.07. The Hall–Kier alpha value is -2.67. The zero-order valence-electron chi connectivity index (χ0n) is 12.2. The second kappa shape index (κ2) is 8.09. The number of nitrogens with zero attached hydrogens (tertiary/aromatic N) is 2. The minimum atomic E-state index is -0.372. The molecule has 0 saturated heterocycles. The molecule has 1 amide bonds. The van der Waals surface area contributed by atoms with Crippen molar-refractivity contribution in [3.63, 3.8) is 0 Å². The van der Waals surface area contributed by atoms with Crippen LogP contribution in [0.5, 0.6) is 5.75 Å². The van der Waals surface area contributed by atoms with E-state index in [4.69, 9.17) is 9.94 Å². The lowest BCUT2D eigenvalue weighted by atomic mass is 10.1. The summed E-state index contributed by atoms with van der Waals surface area (Å²) in [6.45, 7) is 0. The van der Waals surface area contributed by atoms with Gasteiger partial charge < -0.3 is 9.94 Å². The second-order valence-electron chi connectivity index (χ2n) is 4.42. The number of amides is 1. The third-order valence-corrected chi connectivity index (χ3v) is 3.42. The van der Waals surface area contributed by atoms with Gasteiger partial charge in [-0.2, -0.15) is 5.10 Å². The summed E-state index contributed by atoms with van der Waals surface area (Å²) in [4.78, 5) is 12.1. The smallest absolute Gasteiger partial charge is 0.271 e. The Kier molecular flexibility index (Phi) is 5.87. The van der Waals surface area contributed by atoms with E-state index in [1.807, 2.05) is 6.07 Å². The quantitative estimate of drug-likeness (QED) is 0.478. The summed E-state index contributed by atoms with van der Waals surface area (Å²) in [5.74, 6) is 0.316. The molecule has 0 atom stereocenters. The van der Waals surface area contributed by atoms with Gasteiger partial charge in [-0.1, -0.05) is 27.2 Å². The first kappa shape index (κ1) is 16.7. The molecule has 2 N–H and O–H groups in total. The molecule has 118 valence electrons. The van der Waals surface area contributed by atoms with Crippen molar-refractivity contribution in [2.24, 2.45) is 10.3 Å². The van der Waals surface area contributed by atoms with Crippen molar-refractivity contribution in [1.29, 1.82) is 0 Å². The maximum absolute atomic E-state index is 12.1. The molecule has 0 aliphatic carbocycles. The van der Waals surface area contributed by atoms with Gasteiger partial charge in [0.25, 0.3) is 5.91 Å². The number of methoxy groups -OCH3 is 1. The summed E-state index contributed by atoms with van der Waals surface area (Å²) in [5, 5.41) is 15.7. The number of hydrogen-bond donors (Lipinski definition) is 2. The molecular formula is C16H14BrN3O3. The second-order valence-corrected chi connectivity index (χ2v) is 5.34. The zero-order valence-corrected chi connectivity index (χ0v) is 13.8. The van der Waals surface area contributed by atoms with Crippen LogP contribution < -0.4 is 10.2 Å². The van der Waals surface area contributed by atoms with Gasteiger partial charge in [-0.05, 0) is 42.5 Å². The number of hydrazone groups is 1. The molecule has 2 aromatic rings. The lowest BCUT2D eigenvalue weighted by Gasteiger charge is -2.05. The standard InChI is InChI=1S/C16H14BrN3O3/c1-23-14-7-5-11(6-8-14)15(10-18-22)19-20-16(21)12-3-2-4-13(17)9-12/h2-10,22H,1H3,(H,20,21)/b18-10+,19-15+. The molecule has 0 fully saturated rings. The molecule has 23 heavy (non-hydrogen) atoms. The van der Waals surface area contributed by atoms with Crippen molar-refractivity contribution in [3.8, 4) is 5.75 Å². The normalized spacial score (nSPS) is 11.5. The van der Waals surface area contributed by atoms with Gasteiger partial charge in [-0.25, -0.2) is 5.43 Å². The Balaban J connectivity index is 2.19. The maximum atomic E-state index is 12.1. The number of ether oxygens (including phenoxy) is 1. The first-order chi connectivity index (χ1) is 11.1. The van der Waals surface area contributed by atoms with E-state index in [0.717, 1.165) is 10.7 Å². The van der Waals surface area contributed by atoms with E-state index in [0.29, 0.717) is 22.6 Å². The SMILES string of the molecule is COc1ccc(C(/C=N/O)=N/NC(=O)c2cccc(Br)c2)cc1. The molecule has 2 aromatic carbocycles. The summed E-state index contributed by atoms with van der Waals surface area (Å²) in [6, 6.07) is 13.9. The highest BCUT2D eigenvalue weighted by molar-refractivity contribution is 9.10. The molecule has 6 nitrogen and oxygen atoms in total. The summed E-state index contributed by atoms with van der Waals surface area (Å²) in [6.07, 6.45) is 1.14. The van der Waals surface area contributed by atoms with E-state index >= 15 is 0 Å². The van der Waals surface area contributed by atoms with Crippen molar-refractivity contribution in [2.45, 2.75) is 0 Å². The zero-order chi connectivity index (χ0) is 16.7. The van der Waals surface area contributed by atoms with Crippen LogP contribution in [0.1, 0.15) is 15.9 Å². The highest BCUT2D eigenvalue weighted by atomic mass is 79.9. The van der Waals surface area contributed by atoms with E-state index in [1.165, 1.54) is 0 Å². The number of nitrogens with one attached hydrogen (secondary N) is 1. The number of oxime groups is 1. The van der Waals surface area contributed by atoms with E-state index < -0.39 is 0 Å². The Morgan fingerprint density at radius 3 is 2.57 bits per heavy atom. The summed E-state index contributed by atoms with van der Waals surface area (Å²) >= 11 is 3.30. The predicted molar refractivity (Wildman–Crippen MR) is 91.4 cm³/mol. The summed E-state index contributed by atoms with van der Waals surface area (Å²) < 4.78 is 5.87. The van der Waals surface area contributed by atoms with Crippen LogP contribution in [0.2, 0.25) is 0 Å². The minimum Gasteiger partial charge on any atom is -0.497 e. The van der Waals surface area contributed by atoms with Gasteiger partial charge in [0, 0.05) is 15.6 Å². The molecule has 0 aromatic heterocycles. The van der Waals surface area contributed by atoms with E-state index in [9.17, 15) is 4.79 Å². The number of halogens is 1. The minimum absolute atomic E-state index is 0.304. The Morgan fingerprint density at radius 1 is 1.22 bits per heavy atom. The van der Waals surface area contributed by atoms with Crippen LogP contribution in [0, 0.1) is 0 Å². The Labute approximate surface area is 141 Å². The number of hydrogen-bond acceptors (Lipinski definition) is 5. The van der Waals surface area contributed by atoms with Crippen LogP contribution in [0.3, 0.4) is 0 Å². The molecule has 0 radical (unpaired) electrons. The first-order valence-corrected chi connectivity index (χ1v) is 7.39. The Bertz CT molecular complexity index is 742. The number of carbonyl (C=O) groups is 1. The highest BCUT2D eigenvalue weighted by Crippen LogP contribution is 2.13. The van der Waals surface area contributed by atoms with E-state index in [1.54, 1.807) is 49.6 Å². The molecule has 7 heteroatoms. The van der Waals surface area contributed by atoms with Crippen LogP contribution in [0.4, 0.5) is 0 Å². The average molecular weight is 376 g/mol. The fraction of sp³-hybridized carbons (Fsp3) is 0.0625. The first-order valence-electron chi connectivity index (χ1n) is 6.59. The van der Waals surface area contributed by atoms with Crippen molar-refractivity contribution in [3.05, 3.63) is 64.1 Å². The number of benzene rings is 2. The molecule has 0 aliphatic rings. The van der Waals surface area contributed by atoms with Gasteiger partial charge >= 0.3 is 0 Å². The van der Waals surface area contributed by atoms with Crippen molar-refractivity contribution < 1.29 is 14.7 Å². The summed E-state index contributed by atoms with van der Waals surface area (Å²) in [7, 11) is 1.57. The lowest BCUT2D eigenvalue weighted by Crippen LogP contribution is -2.20. The maximum Gasteiger partial charge on any atom is 0.271 e. The van der Waals surface area contributed by atoms with Crippen molar-refractivity contribution in [2.75, 3.05) is 7.11 Å². The van der Waals surface area contributed by atoms with Crippen LogP contribution >= 0.6 is 15.9 Å². The summed E-state index contributed by atoms with van der Waals surface area (Å²) in [5.41, 5.74) is 3.86. The number of rotatable bonds is 5. The van der Waals surface area contributed by atoms with Crippen LogP contribution in [0.15, 0.2) is 63.3 Å². The molecule has 2 rings (SSSR count). The van der Waals surface area contributed by atoms with Crippen molar-refractivity contribution >= 4 is 33.8 Å². The lowest BCUT2D eigenvalue weighted by molar-refractivity contribution is 0.0955. The molecule has 0 bridgehead atoms. The average Bonchev–Trinajstić information content (AvgIpc) is 2.58. The predicted octanol–water partition coefficient (Wildman–Crippen LogP) is 3.05. The van der Waals surface area contributed by atoms with Gasteiger partial charge in [0.2, 0.25) is 0 Å². The molecular weight excluding hydrogens is 362 g/mol. The fourth-order valence-electron chi connectivity index (χ4n) is 1.79. The topological polar surface area (TPSA) is 83.3 Å². The molecule has 0 unspecified atom stereocenters. The molecule has 0 aliphatic heterocycles. The van der Waals surface area contributed by atoms with Gasteiger partial charge in [-0.3, -0.25) is 4.79 Å². The van der Waals surface area contributed by atoms with Gasteiger partial charge in [0.15, 0.2) is 0 Å². The van der Waals surface area contributed by atoms with Gasteiger partial charge in [-0.15, -0.1) is 0 Å². The third kappa shape index (κ3) is 4.65. The largest absolute Gasteiger partial charge is 0.497 e. The van der Waals surface area contributed by atoms with E-state index in [2.05, 4.69) is 31.6 Å². The van der Waals surface area contributed by atoms with Crippen LogP contribution in [0.25, 0.3) is 0 Å². The van der Waals surface area contributed by atoms with Gasteiger partial charge in [0.1, 0.15) is 11.5 Å². The van der Waals surface area contributed by atoms with E-state index in [-0.39, 0.29) is 5.91 Å². The molecule has 0 saturated carbocycles. The van der Waals surface area contributed by atoms with Crippen LogP contribution in [-0.2, 0) is 0 Å². The van der Waals surface area contributed by atoms with Crippen LogP contribution in [-0.4, -0.2) is 30.2 Å². The third-order valence-electron chi connectivity index (χ3n) is 2.93. The van der Waals surface area contributed by atoms with Crippen molar-refractivity contribution in [1.82, 2.24) is 5.43 Å². The number of carbonyl (C=O) groups excluding carboxylic acids is 1. The fourth-order valence-corrected chi connectivity index (χ4v) is 2.19. The molecule has 0 spiro atoms. The monoisotopic (exact) mass is 375 g/mol. The molecule has 0 heterocycles. The Morgan fingerprint density at radius 2 is 1.96 bits per heavy atom.